The van der Waals surface area contributed by atoms with Crippen molar-refractivity contribution in [3.8, 4) is 0 Å². The average molecular weight is 306 g/mol. The van der Waals surface area contributed by atoms with Crippen molar-refractivity contribution in [1.29, 1.82) is 0 Å². The van der Waals surface area contributed by atoms with E-state index in [1.807, 2.05) is 0 Å². The summed E-state index contributed by atoms with van der Waals surface area (Å²) in [5.41, 5.74) is 0.605. The van der Waals surface area contributed by atoms with Crippen molar-refractivity contribution >= 4 is 17.6 Å². The van der Waals surface area contributed by atoms with Crippen LogP contribution in [0.2, 0.25) is 0 Å². The first kappa shape index (κ1) is 15.0. The standard InChI is InChI=1S/C16H19FN2O3/c17-12-1-3-13(4-2-12)18-15(20)11-5-8-19(9-6-11)14-7-10-22-16(14)21/h1-4,11,14H,5-10H2,(H,18,20)/t14-/m1/s1. The molecule has 2 saturated heterocycles. The number of ether oxygens (including phenoxy) is 1. The Morgan fingerprint density at radius 2 is 1.86 bits per heavy atom. The number of anilines is 1. The van der Waals surface area contributed by atoms with Crippen molar-refractivity contribution in [1.82, 2.24) is 4.90 Å². The van der Waals surface area contributed by atoms with Crippen LogP contribution < -0.4 is 5.32 Å². The van der Waals surface area contributed by atoms with Gasteiger partial charge in [-0.05, 0) is 50.2 Å². The minimum Gasteiger partial charge on any atom is -0.464 e. The monoisotopic (exact) mass is 306 g/mol. The molecule has 0 aliphatic carbocycles. The maximum Gasteiger partial charge on any atom is 0.323 e. The molecule has 1 atom stereocenters. The number of carbonyl (C=O) groups is 2. The Kier molecular flexibility index (Phi) is 4.38. The highest BCUT2D eigenvalue weighted by atomic mass is 19.1. The Hall–Kier alpha value is -1.95. The third-order valence-electron chi connectivity index (χ3n) is 4.36. The summed E-state index contributed by atoms with van der Waals surface area (Å²) in [6.45, 7) is 1.94. The molecule has 0 aromatic heterocycles. The van der Waals surface area contributed by atoms with Crippen LogP contribution >= 0.6 is 0 Å². The lowest BCUT2D eigenvalue weighted by molar-refractivity contribution is -0.142. The van der Waals surface area contributed by atoms with Gasteiger partial charge in [0.2, 0.25) is 5.91 Å². The minimum atomic E-state index is -0.324. The SMILES string of the molecule is O=C(Nc1ccc(F)cc1)C1CCN([C@@H]2CCOC2=O)CC1. The molecule has 0 spiro atoms. The molecular weight excluding hydrogens is 287 g/mol. The van der Waals surface area contributed by atoms with Gasteiger partial charge in [-0.2, -0.15) is 0 Å². The number of carbonyl (C=O) groups excluding carboxylic acids is 2. The zero-order valence-corrected chi connectivity index (χ0v) is 12.3. The van der Waals surface area contributed by atoms with E-state index in [4.69, 9.17) is 4.74 Å². The number of hydrogen-bond acceptors (Lipinski definition) is 4. The van der Waals surface area contributed by atoms with Crippen molar-refractivity contribution < 1.29 is 18.7 Å². The summed E-state index contributed by atoms with van der Waals surface area (Å²) in [6.07, 6.45) is 2.18. The molecule has 1 aromatic rings. The van der Waals surface area contributed by atoms with Gasteiger partial charge in [-0.1, -0.05) is 0 Å². The molecule has 1 aromatic carbocycles. The van der Waals surface area contributed by atoms with Crippen molar-refractivity contribution in [2.45, 2.75) is 25.3 Å². The fraction of sp³-hybridized carbons (Fsp3) is 0.500. The Morgan fingerprint density at radius 3 is 2.45 bits per heavy atom. The molecule has 22 heavy (non-hydrogen) atoms. The minimum absolute atomic E-state index is 0.0414. The number of hydrogen-bond donors (Lipinski definition) is 1. The van der Waals surface area contributed by atoms with Gasteiger partial charge in [0.25, 0.3) is 0 Å². The maximum atomic E-state index is 12.8. The summed E-state index contributed by atoms with van der Waals surface area (Å²) in [6, 6.07) is 5.61. The highest BCUT2D eigenvalue weighted by Crippen LogP contribution is 2.24. The fourth-order valence-corrected chi connectivity index (χ4v) is 3.07. The van der Waals surface area contributed by atoms with Crippen molar-refractivity contribution in [2.75, 3.05) is 25.0 Å². The molecule has 0 bridgehead atoms. The quantitative estimate of drug-likeness (QED) is 0.865. The second kappa shape index (κ2) is 6.44. The number of piperidine rings is 1. The van der Waals surface area contributed by atoms with Gasteiger partial charge in [0.05, 0.1) is 6.61 Å². The number of cyclic esters (lactones) is 1. The van der Waals surface area contributed by atoms with E-state index in [9.17, 15) is 14.0 Å². The van der Waals surface area contributed by atoms with Crippen LogP contribution in [-0.2, 0) is 14.3 Å². The largest absolute Gasteiger partial charge is 0.464 e. The molecule has 0 radical (unpaired) electrons. The number of amides is 1. The third-order valence-corrected chi connectivity index (χ3v) is 4.36. The van der Waals surface area contributed by atoms with Gasteiger partial charge in [0.15, 0.2) is 0 Å². The molecule has 2 fully saturated rings. The Balaban J connectivity index is 1.51. The number of esters is 1. The second-order valence-electron chi connectivity index (χ2n) is 5.78. The van der Waals surface area contributed by atoms with E-state index in [0.717, 1.165) is 32.4 Å². The lowest BCUT2D eigenvalue weighted by Crippen LogP contribution is -2.45. The zero-order chi connectivity index (χ0) is 15.5. The molecule has 118 valence electrons. The molecular formula is C16H19FN2O3. The maximum absolute atomic E-state index is 12.8. The molecule has 3 rings (SSSR count). The van der Waals surface area contributed by atoms with Crippen LogP contribution in [0.25, 0.3) is 0 Å². The highest BCUT2D eigenvalue weighted by Gasteiger charge is 2.35. The first-order chi connectivity index (χ1) is 10.6. The van der Waals surface area contributed by atoms with E-state index in [0.29, 0.717) is 12.3 Å². The first-order valence-corrected chi connectivity index (χ1v) is 7.60. The lowest BCUT2D eigenvalue weighted by Gasteiger charge is -2.33. The van der Waals surface area contributed by atoms with Gasteiger partial charge in [-0.25, -0.2) is 4.39 Å². The first-order valence-electron chi connectivity index (χ1n) is 7.60. The number of nitrogens with one attached hydrogen (secondary N) is 1. The predicted octanol–water partition coefficient (Wildman–Crippen LogP) is 1.79. The van der Waals surface area contributed by atoms with E-state index in [2.05, 4.69) is 10.2 Å². The summed E-state index contributed by atoms with van der Waals surface area (Å²) in [7, 11) is 0. The van der Waals surface area contributed by atoms with Crippen LogP contribution in [0.15, 0.2) is 24.3 Å². The summed E-state index contributed by atoms with van der Waals surface area (Å²) in [5.74, 6) is -0.581. The summed E-state index contributed by atoms with van der Waals surface area (Å²) < 4.78 is 17.8. The predicted molar refractivity (Wildman–Crippen MR) is 78.7 cm³/mol. The number of rotatable bonds is 3. The van der Waals surface area contributed by atoms with Gasteiger partial charge in [0.1, 0.15) is 11.9 Å². The van der Waals surface area contributed by atoms with E-state index in [1.165, 1.54) is 12.1 Å². The summed E-state index contributed by atoms with van der Waals surface area (Å²) in [4.78, 5) is 25.9. The smallest absolute Gasteiger partial charge is 0.323 e. The van der Waals surface area contributed by atoms with Crippen molar-refractivity contribution in [3.05, 3.63) is 30.1 Å². The Morgan fingerprint density at radius 1 is 1.18 bits per heavy atom. The van der Waals surface area contributed by atoms with Gasteiger partial charge in [0, 0.05) is 18.0 Å². The lowest BCUT2D eigenvalue weighted by atomic mass is 9.94. The summed E-state index contributed by atoms with van der Waals surface area (Å²) >= 11 is 0. The van der Waals surface area contributed by atoms with E-state index in [1.54, 1.807) is 12.1 Å². The number of halogens is 1. The van der Waals surface area contributed by atoms with Crippen LogP contribution in [0.3, 0.4) is 0 Å². The molecule has 0 unspecified atom stereocenters. The highest BCUT2D eigenvalue weighted by molar-refractivity contribution is 5.92. The fourth-order valence-electron chi connectivity index (χ4n) is 3.07. The van der Waals surface area contributed by atoms with Gasteiger partial charge in [-0.3, -0.25) is 14.5 Å². The van der Waals surface area contributed by atoms with Crippen LogP contribution in [-0.4, -0.2) is 42.5 Å². The molecule has 6 heteroatoms. The Labute approximate surface area is 128 Å². The molecule has 2 aliphatic rings. The van der Waals surface area contributed by atoms with Crippen LogP contribution in [0.1, 0.15) is 19.3 Å². The summed E-state index contributed by atoms with van der Waals surface area (Å²) in [5, 5.41) is 2.82. The zero-order valence-electron chi connectivity index (χ0n) is 12.3. The normalized spacial score (nSPS) is 23.3. The van der Waals surface area contributed by atoms with E-state index in [-0.39, 0.29) is 29.7 Å². The number of likely N-dealkylation sites (tertiary alicyclic amines) is 1. The molecule has 1 amide bonds. The van der Waals surface area contributed by atoms with Crippen molar-refractivity contribution in [3.63, 3.8) is 0 Å². The van der Waals surface area contributed by atoms with Crippen LogP contribution in [0.5, 0.6) is 0 Å². The van der Waals surface area contributed by atoms with Gasteiger partial charge in [-0.15, -0.1) is 0 Å². The van der Waals surface area contributed by atoms with E-state index >= 15 is 0 Å². The molecule has 2 aliphatic heterocycles. The number of nitrogens with zero attached hydrogens (tertiary/aromatic N) is 1. The van der Waals surface area contributed by atoms with Crippen LogP contribution in [0.4, 0.5) is 10.1 Å². The molecule has 1 N–H and O–H groups in total. The second-order valence-corrected chi connectivity index (χ2v) is 5.78. The van der Waals surface area contributed by atoms with Crippen LogP contribution in [0, 0.1) is 11.7 Å². The van der Waals surface area contributed by atoms with Gasteiger partial charge < -0.3 is 10.1 Å². The van der Waals surface area contributed by atoms with E-state index < -0.39 is 0 Å². The molecule has 5 nitrogen and oxygen atoms in total. The van der Waals surface area contributed by atoms with Crippen molar-refractivity contribution in [2.24, 2.45) is 5.92 Å². The molecule has 0 saturated carbocycles. The number of benzene rings is 1. The third kappa shape index (κ3) is 3.27. The molecule has 2 heterocycles. The van der Waals surface area contributed by atoms with Gasteiger partial charge >= 0.3 is 5.97 Å². The average Bonchev–Trinajstić information content (AvgIpc) is 2.96. The Bertz CT molecular complexity index is 553. The topological polar surface area (TPSA) is 58.6 Å².